The smallest absolute Gasteiger partial charge is 0.322 e. The molecule has 1 heterocycles. The van der Waals surface area contributed by atoms with E-state index >= 15 is 0 Å². The van der Waals surface area contributed by atoms with Gasteiger partial charge in [0.1, 0.15) is 6.04 Å². The molecule has 1 unspecified atom stereocenters. The molecule has 7 nitrogen and oxygen atoms in total. The first kappa shape index (κ1) is 18.6. The van der Waals surface area contributed by atoms with Crippen LogP contribution in [0.1, 0.15) is 6.42 Å². The summed E-state index contributed by atoms with van der Waals surface area (Å²) in [6.45, 7) is 0.442. The van der Waals surface area contributed by atoms with Crippen LogP contribution in [0.15, 0.2) is 29.2 Å². The van der Waals surface area contributed by atoms with Crippen molar-refractivity contribution in [2.75, 3.05) is 25.4 Å². The molecule has 9 heteroatoms. The number of carbonyl (C=O) groups is 3. The molecular weight excluding hydrogens is 354 g/mol. The number of nitrogens with one attached hydrogen (secondary N) is 2. The van der Waals surface area contributed by atoms with E-state index < -0.39 is 18.0 Å². The van der Waals surface area contributed by atoms with E-state index in [2.05, 4.69) is 10.6 Å². The van der Waals surface area contributed by atoms with Crippen LogP contribution < -0.4 is 10.6 Å². The first-order chi connectivity index (χ1) is 11.5. The summed E-state index contributed by atoms with van der Waals surface area (Å²) in [5.74, 6) is -0.160. The molecule has 0 bridgehead atoms. The average molecular weight is 372 g/mol. The molecule has 0 spiro atoms. The maximum atomic E-state index is 12.3. The number of rotatable bonds is 8. The van der Waals surface area contributed by atoms with Gasteiger partial charge in [-0.1, -0.05) is 11.6 Å². The Morgan fingerprint density at radius 1 is 1.25 bits per heavy atom. The molecule has 24 heavy (non-hydrogen) atoms. The van der Waals surface area contributed by atoms with Crippen molar-refractivity contribution < 1.29 is 19.5 Å². The number of aliphatic hydroxyl groups is 1. The molecule has 1 saturated heterocycles. The van der Waals surface area contributed by atoms with Crippen molar-refractivity contribution in [2.24, 2.45) is 0 Å². The number of amides is 4. The maximum absolute atomic E-state index is 12.3. The highest BCUT2D eigenvalue weighted by molar-refractivity contribution is 7.99. The fourth-order valence-electron chi connectivity index (χ4n) is 2.19. The number of benzene rings is 1. The highest BCUT2D eigenvalue weighted by Crippen LogP contribution is 2.20. The third kappa shape index (κ3) is 5.40. The fraction of sp³-hybridized carbons (Fsp3) is 0.400. The van der Waals surface area contributed by atoms with Gasteiger partial charge in [0.2, 0.25) is 5.91 Å². The predicted molar refractivity (Wildman–Crippen MR) is 90.9 cm³/mol. The number of imide groups is 1. The summed E-state index contributed by atoms with van der Waals surface area (Å²) < 4.78 is 0. The molecule has 0 radical (unpaired) electrons. The molecule has 1 atom stereocenters. The molecule has 0 aliphatic carbocycles. The number of nitrogens with zero attached hydrogens (tertiary/aromatic N) is 1. The zero-order valence-electron chi connectivity index (χ0n) is 12.8. The van der Waals surface area contributed by atoms with Gasteiger partial charge in [0, 0.05) is 28.8 Å². The van der Waals surface area contributed by atoms with E-state index in [1.807, 2.05) is 12.1 Å². The molecule has 0 aromatic heterocycles. The number of aliphatic hydroxyl groups excluding tert-OH is 1. The minimum absolute atomic E-state index is 0.122. The van der Waals surface area contributed by atoms with Crippen LogP contribution in [0.2, 0.25) is 5.02 Å². The monoisotopic (exact) mass is 371 g/mol. The summed E-state index contributed by atoms with van der Waals surface area (Å²) in [6.07, 6.45) is -0.122. The molecule has 0 saturated carbocycles. The standard InChI is InChI=1S/C15H18ClN3O4S/c16-10-1-3-11(4-2-10)24-8-6-19(5-7-20)13(21)9-12-14(22)18-15(23)17-12/h1-4,12,20H,5-9H2,(H2,17,18,22,23). The lowest BCUT2D eigenvalue weighted by molar-refractivity contribution is -0.134. The fourth-order valence-corrected chi connectivity index (χ4v) is 3.19. The van der Waals surface area contributed by atoms with Gasteiger partial charge >= 0.3 is 6.03 Å². The average Bonchev–Trinajstić information content (AvgIpc) is 2.86. The van der Waals surface area contributed by atoms with Crippen LogP contribution in [0.3, 0.4) is 0 Å². The van der Waals surface area contributed by atoms with E-state index in [-0.39, 0.29) is 25.5 Å². The number of carbonyl (C=O) groups excluding carboxylic acids is 3. The van der Waals surface area contributed by atoms with Gasteiger partial charge in [-0.05, 0) is 24.3 Å². The van der Waals surface area contributed by atoms with Crippen molar-refractivity contribution in [2.45, 2.75) is 17.4 Å². The second kappa shape index (κ2) is 8.91. The Morgan fingerprint density at radius 3 is 2.54 bits per heavy atom. The van der Waals surface area contributed by atoms with E-state index in [0.29, 0.717) is 17.3 Å². The van der Waals surface area contributed by atoms with Gasteiger partial charge in [0.25, 0.3) is 5.91 Å². The van der Waals surface area contributed by atoms with Crippen molar-refractivity contribution in [3.8, 4) is 0 Å². The molecular formula is C15H18ClN3O4S. The lowest BCUT2D eigenvalue weighted by Crippen LogP contribution is -2.41. The zero-order chi connectivity index (χ0) is 17.5. The second-order valence-electron chi connectivity index (χ2n) is 5.13. The van der Waals surface area contributed by atoms with Crippen LogP contribution in [-0.2, 0) is 9.59 Å². The minimum atomic E-state index is -0.852. The largest absolute Gasteiger partial charge is 0.395 e. The van der Waals surface area contributed by atoms with Crippen molar-refractivity contribution in [3.05, 3.63) is 29.3 Å². The SMILES string of the molecule is O=C1NC(=O)C(CC(=O)N(CCO)CCSc2ccc(Cl)cc2)N1. The van der Waals surface area contributed by atoms with Crippen molar-refractivity contribution in [3.63, 3.8) is 0 Å². The number of halogens is 1. The lowest BCUT2D eigenvalue weighted by Gasteiger charge is -2.22. The van der Waals surface area contributed by atoms with E-state index in [1.165, 1.54) is 4.90 Å². The Kier molecular flexibility index (Phi) is 6.89. The Hall–Kier alpha value is -1.77. The van der Waals surface area contributed by atoms with Crippen LogP contribution in [0.5, 0.6) is 0 Å². The summed E-state index contributed by atoms with van der Waals surface area (Å²) in [7, 11) is 0. The van der Waals surface area contributed by atoms with E-state index in [0.717, 1.165) is 4.90 Å². The first-order valence-corrected chi connectivity index (χ1v) is 8.74. The Bertz CT molecular complexity index is 611. The Labute approximate surface area is 148 Å². The van der Waals surface area contributed by atoms with Crippen LogP contribution in [-0.4, -0.2) is 59.3 Å². The highest BCUT2D eigenvalue weighted by Gasteiger charge is 2.32. The van der Waals surface area contributed by atoms with Gasteiger partial charge in [0.15, 0.2) is 0 Å². The minimum Gasteiger partial charge on any atom is -0.395 e. The summed E-state index contributed by atoms with van der Waals surface area (Å²) in [6, 6.07) is 5.93. The summed E-state index contributed by atoms with van der Waals surface area (Å²) in [4.78, 5) is 37.4. The summed E-state index contributed by atoms with van der Waals surface area (Å²) in [5.41, 5.74) is 0. The molecule has 1 aliphatic heterocycles. The first-order valence-electron chi connectivity index (χ1n) is 7.38. The quantitative estimate of drug-likeness (QED) is 0.465. The van der Waals surface area contributed by atoms with Gasteiger partial charge in [-0.3, -0.25) is 14.9 Å². The normalized spacial score (nSPS) is 16.7. The number of hydrogen-bond donors (Lipinski definition) is 3. The van der Waals surface area contributed by atoms with Crippen LogP contribution in [0.25, 0.3) is 0 Å². The number of hydrogen-bond acceptors (Lipinski definition) is 5. The predicted octanol–water partition coefficient (Wildman–Crippen LogP) is 0.851. The lowest BCUT2D eigenvalue weighted by atomic mass is 10.2. The van der Waals surface area contributed by atoms with Gasteiger partial charge in [0.05, 0.1) is 13.0 Å². The second-order valence-corrected chi connectivity index (χ2v) is 6.73. The zero-order valence-corrected chi connectivity index (χ0v) is 14.4. The Balaban J connectivity index is 1.83. The Morgan fingerprint density at radius 2 is 1.96 bits per heavy atom. The van der Waals surface area contributed by atoms with Crippen LogP contribution in [0, 0.1) is 0 Å². The molecule has 4 amide bonds. The molecule has 1 aliphatic rings. The molecule has 1 fully saturated rings. The van der Waals surface area contributed by atoms with Crippen LogP contribution in [0.4, 0.5) is 4.79 Å². The van der Waals surface area contributed by atoms with Crippen molar-refractivity contribution >= 4 is 41.2 Å². The number of thioether (sulfide) groups is 1. The van der Waals surface area contributed by atoms with Gasteiger partial charge < -0.3 is 15.3 Å². The van der Waals surface area contributed by atoms with E-state index in [4.69, 9.17) is 16.7 Å². The van der Waals surface area contributed by atoms with E-state index in [1.54, 1.807) is 23.9 Å². The van der Waals surface area contributed by atoms with E-state index in [9.17, 15) is 14.4 Å². The van der Waals surface area contributed by atoms with Gasteiger partial charge in [-0.15, -0.1) is 11.8 Å². The third-order valence-corrected chi connectivity index (χ3v) is 4.65. The van der Waals surface area contributed by atoms with Crippen molar-refractivity contribution in [1.82, 2.24) is 15.5 Å². The molecule has 2 rings (SSSR count). The summed E-state index contributed by atoms with van der Waals surface area (Å²) in [5, 5.41) is 14.3. The molecule has 130 valence electrons. The highest BCUT2D eigenvalue weighted by atomic mass is 35.5. The molecule has 1 aromatic rings. The molecule has 3 N–H and O–H groups in total. The number of urea groups is 1. The third-order valence-electron chi connectivity index (χ3n) is 3.40. The maximum Gasteiger partial charge on any atom is 0.322 e. The molecule has 1 aromatic carbocycles. The summed E-state index contributed by atoms with van der Waals surface area (Å²) >= 11 is 7.39. The van der Waals surface area contributed by atoms with Crippen LogP contribution >= 0.6 is 23.4 Å². The topological polar surface area (TPSA) is 98.7 Å². The van der Waals surface area contributed by atoms with Crippen molar-refractivity contribution in [1.29, 1.82) is 0 Å². The van der Waals surface area contributed by atoms with Gasteiger partial charge in [-0.25, -0.2) is 4.79 Å². The van der Waals surface area contributed by atoms with Gasteiger partial charge in [-0.2, -0.15) is 0 Å².